The molecule has 1 N–H and O–H groups in total. The summed E-state index contributed by atoms with van der Waals surface area (Å²) in [5, 5.41) is 9.26. The first-order valence-corrected chi connectivity index (χ1v) is 6.75. The molecule has 1 aromatic rings. The molecule has 1 aliphatic rings. The quantitative estimate of drug-likeness (QED) is 0.913. The van der Waals surface area contributed by atoms with Gasteiger partial charge in [-0.3, -0.25) is 4.79 Å². The Bertz CT molecular complexity index is 500. The minimum absolute atomic E-state index is 0.218. The average Bonchev–Trinajstić information content (AvgIpc) is 2.47. The molecule has 20 heavy (non-hydrogen) atoms. The summed E-state index contributed by atoms with van der Waals surface area (Å²) in [6.45, 7) is 0.838. The lowest BCUT2D eigenvalue weighted by atomic mass is 9.99. The van der Waals surface area contributed by atoms with Gasteiger partial charge in [0, 0.05) is 19.2 Å². The fourth-order valence-corrected chi connectivity index (χ4v) is 2.60. The maximum absolute atomic E-state index is 12.6. The smallest absolute Gasteiger partial charge is 0.326 e. The van der Waals surface area contributed by atoms with E-state index in [2.05, 4.69) is 0 Å². The van der Waals surface area contributed by atoms with E-state index >= 15 is 0 Å². The lowest BCUT2D eigenvalue weighted by molar-refractivity contribution is -0.143. The standard InChI is InChI=1S/C15H19NO4/c1-20-10-11-6-2-3-7-12(11)14(17)16-9-5-4-8-13(16)15(18)19/h2-3,6-7,13H,4-5,8-10H2,1H3,(H,18,19). The van der Waals surface area contributed by atoms with Gasteiger partial charge in [0.25, 0.3) is 5.91 Å². The third-order valence-corrected chi connectivity index (χ3v) is 3.60. The maximum atomic E-state index is 12.6. The average molecular weight is 277 g/mol. The number of hydrogen-bond donors (Lipinski definition) is 1. The Balaban J connectivity index is 2.27. The van der Waals surface area contributed by atoms with Crippen LogP contribution in [0.2, 0.25) is 0 Å². The summed E-state index contributed by atoms with van der Waals surface area (Å²) >= 11 is 0. The SMILES string of the molecule is COCc1ccccc1C(=O)N1CCCCC1C(=O)O. The summed E-state index contributed by atoms with van der Waals surface area (Å²) in [4.78, 5) is 25.4. The minimum atomic E-state index is -0.928. The molecule has 0 spiro atoms. The zero-order chi connectivity index (χ0) is 14.5. The number of nitrogens with zero attached hydrogens (tertiary/aromatic N) is 1. The summed E-state index contributed by atoms with van der Waals surface area (Å²) in [6, 6.07) is 6.47. The second-order valence-corrected chi connectivity index (χ2v) is 4.94. The van der Waals surface area contributed by atoms with Crippen molar-refractivity contribution in [1.29, 1.82) is 0 Å². The first kappa shape index (κ1) is 14.5. The number of piperidine rings is 1. The molecule has 5 heteroatoms. The van der Waals surface area contributed by atoms with Gasteiger partial charge in [0.15, 0.2) is 0 Å². The summed E-state index contributed by atoms with van der Waals surface area (Å²) in [7, 11) is 1.57. The Labute approximate surface area is 118 Å². The van der Waals surface area contributed by atoms with Gasteiger partial charge in [-0.1, -0.05) is 18.2 Å². The third-order valence-electron chi connectivity index (χ3n) is 3.60. The van der Waals surface area contributed by atoms with E-state index in [0.29, 0.717) is 25.1 Å². The number of ether oxygens (including phenoxy) is 1. The van der Waals surface area contributed by atoms with Crippen molar-refractivity contribution in [1.82, 2.24) is 4.90 Å². The summed E-state index contributed by atoms with van der Waals surface area (Å²) in [5.41, 5.74) is 1.32. The largest absolute Gasteiger partial charge is 0.480 e. The molecule has 1 fully saturated rings. The molecule has 0 bridgehead atoms. The summed E-state index contributed by atoms with van der Waals surface area (Å²) < 4.78 is 5.09. The van der Waals surface area contributed by atoms with E-state index in [1.807, 2.05) is 12.1 Å². The van der Waals surface area contributed by atoms with Crippen molar-refractivity contribution in [3.63, 3.8) is 0 Å². The topological polar surface area (TPSA) is 66.8 Å². The third kappa shape index (κ3) is 2.99. The van der Waals surface area contributed by atoms with Crippen LogP contribution < -0.4 is 0 Å². The highest BCUT2D eigenvalue weighted by molar-refractivity contribution is 5.98. The normalized spacial score (nSPS) is 18.9. The minimum Gasteiger partial charge on any atom is -0.480 e. The molecule has 0 saturated carbocycles. The van der Waals surface area contributed by atoms with Crippen LogP contribution in [0.25, 0.3) is 0 Å². The molecule has 2 rings (SSSR count). The van der Waals surface area contributed by atoms with Crippen LogP contribution in [0.3, 0.4) is 0 Å². The van der Waals surface area contributed by atoms with E-state index in [1.165, 1.54) is 4.90 Å². The molecule has 1 aromatic carbocycles. The summed E-state index contributed by atoms with van der Waals surface area (Å²) in [5.74, 6) is -1.15. The number of benzene rings is 1. The lowest BCUT2D eigenvalue weighted by Crippen LogP contribution is -2.48. The highest BCUT2D eigenvalue weighted by Crippen LogP contribution is 2.21. The van der Waals surface area contributed by atoms with E-state index in [-0.39, 0.29) is 5.91 Å². The van der Waals surface area contributed by atoms with Crippen molar-refractivity contribution in [3.05, 3.63) is 35.4 Å². The van der Waals surface area contributed by atoms with Gasteiger partial charge in [-0.15, -0.1) is 0 Å². The van der Waals surface area contributed by atoms with Crippen LogP contribution in [0.1, 0.15) is 35.2 Å². The van der Waals surface area contributed by atoms with Crippen LogP contribution in [-0.4, -0.2) is 41.6 Å². The Hall–Kier alpha value is -1.88. The zero-order valence-corrected chi connectivity index (χ0v) is 11.5. The van der Waals surface area contributed by atoms with E-state index in [1.54, 1.807) is 19.2 Å². The molecule has 1 heterocycles. The first-order chi connectivity index (χ1) is 9.65. The van der Waals surface area contributed by atoms with Crippen LogP contribution in [0.4, 0.5) is 0 Å². The maximum Gasteiger partial charge on any atom is 0.326 e. The Morgan fingerprint density at radius 3 is 2.80 bits per heavy atom. The Morgan fingerprint density at radius 2 is 2.10 bits per heavy atom. The first-order valence-electron chi connectivity index (χ1n) is 6.75. The van der Waals surface area contributed by atoms with Crippen LogP contribution in [0.5, 0.6) is 0 Å². The van der Waals surface area contributed by atoms with E-state index in [4.69, 9.17) is 4.74 Å². The molecule has 1 atom stereocenters. The van der Waals surface area contributed by atoms with Crippen LogP contribution in [-0.2, 0) is 16.1 Å². The number of carbonyl (C=O) groups is 2. The molecule has 1 unspecified atom stereocenters. The zero-order valence-electron chi connectivity index (χ0n) is 11.5. The van der Waals surface area contributed by atoms with Crippen LogP contribution >= 0.6 is 0 Å². The molecule has 0 radical (unpaired) electrons. The van der Waals surface area contributed by atoms with E-state index < -0.39 is 12.0 Å². The Kier molecular flexibility index (Phi) is 4.74. The van der Waals surface area contributed by atoms with Crippen molar-refractivity contribution in [2.45, 2.75) is 31.9 Å². The molecule has 0 aliphatic carbocycles. The van der Waals surface area contributed by atoms with Gasteiger partial charge in [0.05, 0.1) is 6.61 Å². The van der Waals surface area contributed by atoms with Gasteiger partial charge >= 0.3 is 5.97 Å². The summed E-state index contributed by atoms with van der Waals surface area (Å²) in [6.07, 6.45) is 2.22. The number of amides is 1. The number of likely N-dealkylation sites (tertiary alicyclic amines) is 1. The predicted molar refractivity (Wildman–Crippen MR) is 73.5 cm³/mol. The number of methoxy groups -OCH3 is 1. The lowest BCUT2D eigenvalue weighted by Gasteiger charge is -2.33. The van der Waals surface area contributed by atoms with Crippen molar-refractivity contribution in [2.75, 3.05) is 13.7 Å². The van der Waals surface area contributed by atoms with Crippen molar-refractivity contribution < 1.29 is 19.4 Å². The molecule has 108 valence electrons. The molecular weight excluding hydrogens is 258 g/mol. The molecular formula is C15H19NO4. The van der Waals surface area contributed by atoms with Gasteiger partial charge in [0.1, 0.15) is 6.04 Å². The highest BCUT2D eigenvalue weighted by Gasteiger charge is 2.33. The Morgan fingerprint density at radius 1 is 1.35 bits per heavy atom. The van der Waals surface area contributed by atoms with Crippen molar-refractivity contribution in [3.8, 4) is 0 Å². The van der Waals surface area contributed by atoms with E-state index in [9.17, 15) is 14.7 Å². The molecule has 1 saturated heterocycles. The number of carbonyl (C=O) groups excluding carboxylic acids is 1. The predicted octanol–water partition coefficient (Wildman–Crippen LogP) is 1.91. The fraction of sp³-hybridized carbons (Fsp3) is 0.467. The monoisotopic (exact) mass is 277 g/mol. The van der Waals surface area contributed by atoms with Crippen molar-refractivity contribution >= 4 is 11.9 Å². The molecule has 5 nitrogen and oxygen atoms in total. The number of carboxylic acids is 1. The van der Waals surface area contributed by atoms with Crippen LogP contribution in [0.15, 0.2) is 24.3 Å². The number of aliphatic carboxylic acids is 1. The second-order valence-electron chi connectivity index (χ2n) is 4.94. The van der Waals surface area contributed by atoms with Crippen molar-refractivity contribution in [2.24, 2.45) is 0 Å². The van der Waals surface area contributed by atoms with Gasteiger partial charge in [-0.25, -0.2) is 4.79 Å². The molecule has 1 aliphatic heterocycles. The number of rotatable bonds is 4. The second kappa shape index (κ2) is 6.52. The van der Waals surface area contributed by atoms with Gasteiger partial charge < -0.3 is 14.7 Å². The molecule has 1 amide bonds. The molecule has 0 aromatic heterocycles. The van der Waals surface area contributed by atoms with Gasteiger partial charge in [-0.2, -0.15) is 0 Å². The van der Waals surface area contributed by atoms with Gasteiger partial charge in [-0.05, 0) is 30.9 Å². The fourth-order valence-electron chi connectivity index (χ4n) is 2.60. The highest BCUT2D eigenvalue weighted by atomic mass is 16.5. The van der Waals surface area contributed by atoms with Gasteiger partial charge in [0.2, 0.25) is 0 Å². The number of hydrogen-bond acceptors (Lipinski definition) is 3. The van der Waals surface area contributed by atoms with Crippen LogP contribution in [0, 0.1) is 0 Å². The van der Waals surface area contributed by atoms with E-state index in [0.717, 1.165) is 18.4 Å². The number of carboxylic acid groups (broad SMARTS) is 1.